The van der Waals surface area contributed by atoms with Crippen LogP contribution in [0.2, 0.25) is 0 Å². The predicted octanol–water partition coefficient (Wildman–Crippen LogP) is 2.91. The maximum atomic E-state index is 12.4. The minimum absolute atomic E-state index is 0.0788. The fourth-order valence-electron chi connectivity index (χ4n) is 2.68. The SMILES string of the molecule is CCc1nnsc1C(=O)NC[C@@H](c1ccccc1)N(CC)CC. The number of hydrogen-bond acceptors (Lipinski definition) is 5. The fraction of sp³-hybridized carbons (Fsp3) is 0.471. The highest BCUT2D eigenvalue weighted by Crippen LogP contribution is 2.20. The number of carbonyl (C=O) groups is 1. The fourth-order valence-corrected chi connectivity index (χ4v) is 3.35. The van der Waals surface area contributed by atoms with Crippen molar-refractivity contribution in [3.05, 3.63) is 46.5 Å². The lowest BCUT2D eigenvalue weighted by atomic mass is 10.1. The van der Waals surface area contributed by atoms with Crippen LogP contribution in [-0.4, -0.2) is 40.0 Å². The van der Waals surface area contributed by atoms with Gasteiger partial charge in [-0.1, -0.05) is 55.6 Å². The van der Waals surface area contributed by atoms with Gasteiger partial charge < -0.3 is 5.32 Å². The average molecular weight is 332 g/mol. The van der Waals surface area contributed by atoms with Crippen molar-refractivity contribution in [3.63, 3.8) is 0 Å². The smallest absolute Gasteiger partial charge is 0.265 e. The van der Waals surface area contributed by atoms with Crippen LogP contribution >= 0.6 is 11.5 Å². The second kappa shape index (κ2) is 8.74. The van der Waals surface area contributed by atoms with Crippen molar-refractivity contribution in [2.45, 2.75) is 33.2 Å². The Labute approximate surface area is 141 Å². The monoisotopic (exact) mass is 332 g/mol. The van der Waals surface area contributed by atoms with Crippen molar-refractivity contribution in [2.24, 2.45) is 0 Å². The van der Waals surface area contributed by atoms with Gasteiger partial charge in [-0.05, 0) is 36.6 Å². The lowest BCUT2D eigenvalue weighted by Crippen LogP contribution is -2.38. The number of likely N-dealkylation sites (N-methyl/N-ethyl adjacent to an activating group) is 1. The summed E-state index contributed by atoms with van der Waals surface area (Å²) in [6, 6.07) is 10.5. The van der Waals surface area contributed by atoms with Crippen LogP contribution in [0.15, 0.2) is 30.3 Å². The zero-order valence-electron chi connectivity index (χ0n) is 14.0. The Kier molecular flexibility index (Phi) is 6.67. The van der Waals surface area contributed by atoms with Crippen molar-refractivity contribution >= 4 is 17.4 Å². The molecular formula is C17H24N4OS. The van der Waals surface area contributed by atoms with Crippen LogP contribution in [0.5, 0.6) is 0 Å². The summed E-state index contributed by atoms with van der Waals surface area (Å²) in [5, 5.41) is 7.06. The van der Waals surface area contributed by atoms with Crippen LogP contribution in [0.4, 0.5) is 0 Å². The van der Waals surface area contributed by atoms with Gasteiger partial charge in [0.2, 0.25) is 0 Å². The Bertz CT molecular complexity index is 610. The van der Waals surface area contributed by atoms with Gasteiger partial charge in [-0.15, -0.1) is 5.10 Å². The van der Waals surface area contributed by atoms with Gasteiger partial charge in [-0.25, -0.2) is 0 Å². The van der Waals surface area contributed by atoms with E-state index in [4.69, 9.17) is 0 Å². The van der Waals surface area contributed by atoms with Crippen molar-refractivity contribution in [1.82, 2.24) is 19.8 Å². The van der Waals surface area contributed by atoms with E-state index in [-0.39, 0.29) is 11.9 Å². The molecule has 23 heavy (non-hydrogen) atoms. The van der Waals surface area contributed by atoms with Gasteiger partial charge >= 0.3 is 0 Å². The molecule has 0 saturated heterocycles. The number of benzene rings is 1. The largest absolute Gasteiger partial charge is 0.349 e. The van der Waals surface area contributed by atoms with Crippen LogP contribution < -0.4 is 5.32 Å². The second-order valence-corrected chi connectivity index (χ2v) is 6.01. The summed E-state index contributed by atoms with van der Waals surface area (Å²) in [5.74, 6) is -0.0788. The molecule has 1 heterocycles. The average Bonchev–Trinajstić information content (AvgIpc) is 3.08. The molecule has 0 aliphatic rings. The van der Waals surface area contributed by atoms with E-state index in [2.05, 4.69) is 45.8 Å². The van der Waals surface area contributed by atoms with Crippen LogP contribution in [0.3, 0.4) is 0 Å². The number of amides is 1. The lowest BCUT2D eigenvalue weighted by Gasteiger charge is -2.30. The van der Waals surface area contributed by atoms with Gasteiger partial charge in [0.05, 0.1) is 11.7 Å². The zero-order valence-corrected chi connectivity index (χ0v) is 14.8. The summed E-state index contributed by atoms with van der Waals surface area (Å²) in [6.07, 6.45) is 0.720. The molecule has 0 fully saturated rings. The topological polar surface area (TPSA) is 58.1 Å². The third-order valence-electron chi connectivity index (χ3n) is 3.99. The molecule has 0 saturated carbocycles. The van der Waals surface area contributed by atoms with Crippen molar-refractivity contribution < 1.29 is 4.79 Å². The molecule has 1 atom stereocenters. The first-order valence-electron chi connectivity index (χ1n) is 8.09. The van der Waals surface area contributed by atoms with Gasteiger partial charge in [0, 0.05) is 6.54 Å². The van der Waals surface area contributed by atoms with E-state index in [1.165, 1.54) is 5.56 Å². The minimum Gasteiger partial charge on any atom is -0.349 e. The van der Waals surface area contributed by atoms with Gasteiger partial charge in [0.15, 0.2) is 0 Å². The highest BCUT2D eigenvalue weighted by Gasteiger charge is 2.21. The Balaban J connectivity index is 2.11. The first-order valence-corrected chi connectivity index (χ1v) is 8.86. The molecule has 0 unspecified atom stereocenters. The summed E-state index contributed by atoms with van der Waals surface area (Å²) < 4.78 is 3.89. The number of hydrogen-bond donors (Lipinski definition) is 1. The van der Waals surface area contributed by atoms with Gasteiger partial charge in [0.1, 0.15) is 4.88 Å². The lowest BCUT2D eigenvalue weighted by molar-refractivity contribution is 0.0938. The molecule has 2 rings (SSSR count). The normalized spacial score (nSPS) is 12.3. The molecule has 124 valence electrons. The highest BCUT2D eigenvalue weighted by atomic mass is 32.1. The van der Waals surface area contributed by atoms with E-state index in [0.717, 1.165) is 36.7 Å². The number of nitrogens with zero attached hydrogens (tertiary/aromatic N) is 3. The summed E-state index contributed by atoms with van der Waals surface area (Å²) in [6.45, 7) is 8.72. The zero-order chi connectivity index (χ0) is 16.7. The molecule has 0 bridgehead atoms. The molecule has 6 heteroatoms. The number of nitrogens with one attached hydrogen (secondary N) is 1. The van der Waals surface area contributed by atoms with Crippen LogP contribution in [-0.2, 0) is 6.42 Å². The maximum absolute atomic E-state index is 12.4. The van der Waals surface area contributed by atoms with Gasteiger partial charge in [-0.2, -0.15) is 0 Å². The van der Waals surface area contributed by atoms with Crippen LogP contribution in [0, 0.1) is 0 Å². The Morgan fingerprint density at radius 2 is 1.91 bits per heavy atom. The molecule has 1 aromatic carbocycles. The molecular weight excluding hydrogens is 308 g/mol. The van der Waals surface area contributed by atoms with Crippen LogP contribution in [0.25, 0.3) is 0 Å². The van der Waals surface area contributed by atoms with E-state index >= 15 is 0 Å². The molecule has 2 aromatic rings. The predicted molar refractivity (Wildman–Crippen MR) is 93.7 cm³/mol. The third kappa shape index (κ3) is 4.36. The van der Waals surface area contributed by atoms with Crippen molar-refractivity contribution in [1.29, 1.82) is 0 Å². The standard InChI is InChI=1S/C17H24N4OS/c1-4-14-16(23-20-19-14)17(22)18-12-15(21(5-2)6-3)13-10-8-7-9-11-13/h7-11,15H,4-6,12H2,1-3H3,(H,18,22)/t15-/m0/s1. The number of aryl methyl sites for hydroxylation is 1. The van der Waals surface area contributed by atoms with Gasteiger partial charge in [-0.3, -0.25) is 9.69 Å². The Hall–Kier alpha value is -1.79. The number of aromatic nitrogens is 2. The first-order chi connectivity index (χ1) is 11.2. The van der Waals surface area contributed by atoms with E-state index in [1.54, 1.807) is 0 Å². The summed E-state index contributed by atoms with van der Waals surface area (Å²) in [5.41, 5.74) is 1.99. The molecule has 1 amide bonds. The first kappa shape index (κ1) is 17.6. The molecule has 0 spiro atoms. The summed E-state index contributed by atoms with van der Waals surface area (Å²) >= 11 is 1.16. The molecule has 0 radical (unpaired) electrons. The van der Waals surface area contributed by atoms with E-state index in [9.17, 15) is 4.79 Å². The molecule has 0 aliphatic heterocycles. The van der Waals surface area contributed by atoms with E-state index < -0.39 is 0 Å². The molecule has 1 aromatic heterocycles. The Morgan fingerprint density at radius 1 is 1.22 bits per heavy atom. The maximum Gasteiger partial charge on any atom is 0.265 e. The molecule has 1 N–H and O–H groups in total. The second-order valence-electron chi connectivity index (χ2n) is 5.26. The summed E-state index contributed by atoms with van der Waals surface area (Å²) in [7, 11) is 0. The van der Waals surface area contributed by atoms with E-state index in [0.29, 0.717) is 11.4 Å². The van der Waals surface area contributed by atoms with Crippen molar-refractivity contribution in [2.75, 3.05) is 19.6 Å². The van der Waals surface area contributed by atoms with Crippen LogP contribution in [0.1, 0.15) is 47.7 Å². The molecule has 5 nitrogen and oxygen atoms in total. The van der Waals surface area contributed by atoms with E-state index in [1.807, 2.05) is 25.1 Å². The Morgan fingerprint density at radius 3 is 2.52 bits per heavy atom. The van der Waals surface area contributed by atoms with Gasteiger partial charge in [0.25, 0.3) is 5.91 Å². The summed E-state index contributed by atoms with van der Waals surface area (Å²) in [4.78, 5) is 15.4. The number of carbonyl (C=O) groups excluding carboxylic acids is 1. The molecule has 0 aliphatic carbocycles. The highest BCUT2D eigenvalue weighted by molar-refractivity contribution is 7.08. The quantitative estimate of drug-likeness (QED) is 0.807. The van der Waals surface area contributed by atoms with Crippen molar-refractivity contribution in [3.8, 4) is 0 Å². The minimum atomic E-state index is -0.0788. The third-order valence-corrected chi connectivity index (χ3v) is 4.76. The number of rotatable bonds is 8.